The molecule has 0 aliphatic rings. The second-order valence-corrected chi connectivity index (χ2v) is 6.24. The molecule has 1 heterocycles. The van der Waals surface area contributed by atoms with Gasteiger partial charge in [-0.15, -0.1) is 16.8 Å². The van der Waals surface area contributed by atoms with Gasteiger partial charge >= 0.3 is 0 Å². The number of thioether (sulfide) groups is 1. The molecule has 1 aromatic heterocycles. The summed E-state index contributed by atoms with van der Waals surface area (Å²) in [6.07, 6.45) is 1.79. The Morgan fingerprint density at radius 3 is 2.95 bits per heavy atom. The molecule has 0 fully saturated rings. The van der Waals surface area contributed by atoms with Gasteiger partial charge in [0.2, 0.25) is 5.13 Å². The topological polar surface area (TPSA) is 64.1 Å². The van der Waals surface area contributed by atoms with Crippen molar-refractivity contribution < 1.29 is 9.53 Å². The van der Waals surface area contributed by atoms with Gasteiger partial charge in [-0.2, -0.15) is 0 Å². The molecule has 0 aliphatic heterocycles. The van der Waals surface area contributed by atoms with Crippen molar-refractivity contribution in [2.24, 2.45) is 0 Å². The van der Waals surface area contributed by atoms with Crippen LogP contribution in [0.25, 0.3) is 0 Å². The van der Waals surface area contributed by atoms with E-state index >= 15 is 0 Å². The van der Waals surface area contributed by atoms with Crippen molar-refractivity contribution >= 4 is 34.1 Å². The smallest absolute Gasteiger partial charge is 0.252 e. The Hall–Kier alpha value is -1.70. The van der Waals surface area contributed by atoms with E-state index in [4.69, 9.17) is 4.74 Å². The average Bonchev–Trinajstić information content (AvgIpc) is 2.93. The van der Waals surface area contributed by atoms with Crippen LogP contribution in [0.5, 0.6) is 0 Å². The lowest BCUT2D eigenvalue weighted by molar-refractivity contribution is -0.121. The van der Waals surface area contributed by atoms with Crippen molar-refractivity contribution in [1.82, 2.24) is 10.2 Å². The Balaban J connectivity index is 1.71. The summed E-state index contributed by atoms with van der Waals surface area (Å²) < 4.78 is 6.15. The molecule has 0 saturated heterocycles. The standard InChI is InChI=1S/C14H15N3O2S2/c1-2-8-20-14-17-16-13(21-14)15-12(18)10-19-9-11-6-4-3-5-7-11/h2-7H,1,8-10H2,(H,15,16,18). The van der Waals surface area contributed by atoms with Crippen LogP contribution in [0, 0.1) is 0 Å². The minimum Gasteiger partial charge on any atom is -0.367 e. The van der Waals surface area contributed by atoms with Gasteiger partial charge in [-0.05, 0) is 5.56 Å². The molecule has 1 N–H and O–H groups in total. The van der Waals surface area contributed by atoms with E-state index in [2.05, 4.69) is 22.1 Å². The zero-order chi connectivity index (χ0) is 14.9. The van der Waals surface area contributed by atoms with E-state index in [1.54, 1.807) is 6.08 Å². The van der Waals surface area contributed by atoms with Crippen LogP contribution in [-0.2, 0) is 16.1 Å². The summed E-state index contributed by atoms with van der Waals surface area (Å²) in [6.45, 7) is 4.04. The third kappa shape index (κ3) is 5.66. The Bertz CT molecular complexity index is 587. The molecular formula is C14H15N3O2S2. The predicted octanol–water partition coefficient (Wildman–Crippen LogP) is 2.97. The maximum Gasteiger partial charge on any atom is 0.252 e. The first-order chi connectivity index (χ1) is 10.3. The number of amides is 1. The third-order valence-corrected chi connectivity index (χ3v) is 4.29. The highest BCUT2D eigenvalue weighted by molar-refractivity contribution is 8.01. The van der Waals surface area contributed by atoms with Crippen molar-refractivity contribution in [3.63, 3.8) is 0 Å². The molecule has 2 aromatic rings. The van der Waals surface area contributed by atoms with Gasteiger partial charge < -0.3 is 4.74 Å². The first kappa shape index (κ1) is 15.7. The van der Waals surface area contributed by atoms with Crippen LogP contribution >= 0.6 is 23.1 Å². The van der Waals surface area contributed by atoms with Crippen LogP contribution in [-0.4, -0.2) is 28.5 Å². The first-order valence-corrected chi connectivity index (χ1v) is 8.07. The second kappa shape index (κ2) is 8.56. The van der Waals surface area contributed by atoms with E-state index in [9.17, 15) is 4.79 Å². The third-order valence-electron chi connectivity index (χ3n) is 2.32. The molecule has 110 valence electrons. The fourth-order valence-corrected chi connectivity index (χ4v) is 2.97. The summed E-state index contributed by atoms with van der Waals surface area (Å²) in [6, 6.07) is 9.70. The summed E-state index contributed by atoms with van der Waals surface area (Å²) in [7, 11) is 0. The number of carbonyl (C=O) groups excluding carboxylic acids is 1. The highest BCUT2D eigenvalue weighted by atomic mass is 32.2. The van der Waals surface area contributed by atoms with Gasteiger partial charge in [-0.25, -0.2) is 0 Å². The molecule has 0 radical (unpaired) electrons. The number of hydrogen-bond acceptors (Lipinski definition) is 6. The number of nitrogens with one attached hydrogen (secondary N) is 1. The molecule has 0 aliphatic carbocycles. The average molecular weight is 321 g/mol. The predicted molar refractivity (Wildman–Crippen MR) is 85.6 cm³/mol. The molecule has 0 bridgehead atoms. The molecule has 1 amide bonds. The molecule has 2 rings (SSSR count). The van der Waals surface area contributed by atoms with Gasteiger partial charge in [0.15, 0.2) is 4.34 Å². The molecule has 0 saturated carbocycles. The number of aromatic nitrogens is 2. The monoisotopic (exact) mass is 321 g/mol. The number of nitrogens with zero attached hydrogens (tertiary/aromatic N) is 2. The lowest BCUT2D eigenvalue weighted by Crippen LogP contribution is -2.18. The Kier molecular flexibility index (Phi) is 6.39. The maximum atomic E-state index is 11.7. The number of hydrogen-bond donors (Lipinski definition) is 1. The van der Waals surface area contributed by atoms with Crippen molar-refractivity contribution in [1.29, 1.82) is 0 Å². The van der Waals surface area contributed by atoms with Crippen LogP contribution < -0.4 is 5.32 Å². The van der Waals surface area contributed by atoms with Gasteiger partial charge in [0.05, 0.1) is 6.61 Å². The minimum absolute atomic E-state index is 0.0103. The fourth-order valence-electron chi connectivity index (χ4n) is 1.44. The largest absolute Gasteiger partial charge is 0.367 e. The number of anilines is 1. The number of carbonyl (C=O) groups is 1. The van der Waals surface area contributed by atoms with Crippen molar-refractivity contribution in [3.05, 3.63) is 48.6 Å². The number of rotatable bonds is 8. The van der Waals surface area contributed by atoms with Crippen molar-refractivity contribution in [3.8, 4) is 0 Å². The SMILES string of the molecule is C=CCSc1nnc(NC(=O)COCc2ccccc2)s1. The minimum atomic E-state index is -0.234. The molecule has 7 heteroatoms. The Morgan fingerprint density at radius 1 is 1.38 bits per heavy atom. The lowest BCUT2D eigenvalue weighted by Gasteiger charge is -2.03. The van der Waals surface area contributed by atoms with Crippen molar-refractivity contribution in [2.45, 2.75) is 10.9 Å². The fraction of sp³-hybridized carbons (Fsp3) is 0.214. The summed E-state index contributed by atoms with van der Waals surface area (Å²) in [5, 5.41) is 11.0. The quantitative estimate of drug-likeness (QED) is 0.460. The van der Waals surface area contributed by atoms with E-state index in [0.29, 0.717) is 11.7 Å². The molecule has 5 nitrogen and oxygen atoms in total. The maximum absolute atomic E-state index is 11.7. The Morgan fingerprint density at radius 2 is 2.19 bits per heavy atom. The van der Waals surface area contributed by atoms with Crippen molar-refractivity contribution in [2.75, 3.05) is 17.7 Å². The zero-order valence-corrected chi connectivity index (χ0v) is 13.0. The van der Waals surface area contributed by atoms with E-state index < -0.39 is 0 Å². The van der Waals surface area contributed by atoms with E-state index in [0.717, 1.165) is 15.7 Å². The molecule has 0 unspecified atom stereocenters. The van der Waals surface area contributed by atoms with Gasteiger partial charge in [-0.1, -0.05) is 59.5 Å². The molecule has 0 spiro atoms. The molecule has 0 atom stereocenters. The highest BCUT2D eigenvalue weighted by Gasteiger charge is 2.08. The van der Waals surface area contributed by atoms with Gasteiger partial charge in [0.1, 0.15) is 6.61 Å². The summed E-state index contributed by atoms with van der Waals surface area (Å²) >= 11 is 2.86. The highest BCUT2D eigenvalue weighted by Crippen LogP contribution is 2.25. The normalized spacial score (nSPS) is 10.3. The summed E-state index contributed by atoms with van der Waals surface area (Å²) in [4.78, 5) is 11.7. The van der Waals surface area contributed by atoms with Crippen LogP contribution in [0.15, 0.2) is 47.3 Å². The number of ether oxygens (including phenoxy) is 1. The van der Waals surface area contributed by atoms with E-state index in [1.165, 1.54) is 23.1 Å². The van der Waals surface area contributed by atoms with Crippen LogP contribution in [0.4, 0.5) is 5.13 Å². The van der Waals surface area contributed by atoms with Crippen LogP contribution in [0.3, 0.4) is 0 Å². The van der Waals surface area contributed by atoms with Gasteiger partial charge in [-0.3, -0.25) is 10.1 Å². The number of benzene rings is 1. The zero-order valence-electron chi connectivity index (χ0n) is 11.3. The van der Waals surface area contributed by atoms with E-state index in [1.807, 2.05) is 30.3 Å². The molecular weight excluding hydrogens is 306 g/mol. The summed E-state index contributed by atoms with van der Waals surface area (Å²) in [5.41, 5.74) is 1.03. The van der Waals surface area contributed by atoms with Gasteiger partial charge in [0, 0.05) is 5.75 Å². The first-order valence-electron chi connectivity index (χ1n) is 6.26. The summed E-state index contributed by atoms with van der Waals surface area (Å²) in [5.74, 6) is 0.533. The van der Waals surface area contributed by atoms with E-state index in [-0.39, 0.29) is 12.5 Å². The second-order valence-electron chi connectivity index (χ2n) is 4.00. The Labute approximate surface area is 131 Å². The molecule has 1 aromatic carbocycles. The van der Waals surface area contributed by atoms with Crippen LogP contribution in [0.2, 0.25) is 0 Å². The van der Waals surface area contributed by atoms with Gasteiger partial charge in [0.25, 0.3) is 5.91 Å². The molecule has 21 heavy (non-hydrogen) atoms. The lowest BCUT2D eigenvalue weighted by atomic mass is 10.2. The van der Waals surface area contributed by atoms with Crippen LogP contribution in [0.1, 0.15) is 5.56 Å².